The van der Waals surface area contributed by atoms with E-state index in [2.05, 4.69) is 15.4 Å². The van der Waals surface area contributed by atoms with Crippen molar-refractivity contribution in [2.45, 2.75) is 6.42 Å². The summed E-state index contributed by atoms with van der Waals surface area (Å²) in [6.07, 6.45) is 0.0790. The Balaban J connectivity index is 1.43. The number of carbonyl (C=O) groups excluding carboxylic acids is 4. The Hall–Kier alpha value is -3.85. The lowest BCUT2D eigenvalue weighted by Crippen LogP contribution is -2.32. The lowest BCUT2D eigenvalue weighted by molar-refractivity contribution is -0.120. The van der Waals surface area contributed by atoms with E-state index in [1.165, 1.54) is 31.4 Å². The molecule has 0 saturated heterocycles. The quantitative estimate of drug-likeness (QED) is 0.297. The average molecular weight is 559 g/mol. The van der Waals surface area contributed by atoms with E-state index in [1.54, 1.807) is 42.5 Å². The van der Waals surface area contributed by atoms with Crippen molar-refractivity contribution in [3.8, 4) is 0 Å². The molecule has 0 saturated carbocycles. The highest BCUT2D eigenvalue weighted by molar-refractivity contribution is 6.53. The van der Waals surface area contributed by atoms with Gasteiger partial charge in [-0.15, -0.1) is 0 Å². The van der Waals surface area contributed by atoms with Crippen molar-refractivity contribution in [1.29, 1.82) is 0 Å². The Kier molecular flexibility index (Phi) is 7.83. The molecule has 8 nitrogen and oxygen atoms in total. The number of benzene rings is 3. The molecule has 3 aromatic rings. The van der Waals surface area contributed by atoms with Crippen LogP contribution in [-0.4, -0.2) is 30.8 Å². The van der Waals surface area contributed by atoms with E-state index in [-0.39, 0.29) is 34.3 Å². The average Bonchev–Trinajstić information content (AvgIpc) is 3.07. The minimum atomic E-state index is -0.731. The van der Waals surface area contributed by atoms with Gasteiger partial charge in [-0.05, 0) is 54.1 Å². The van der Waals surface area contributed by atoms with Gasteiger partial charge in [-0.2, -0.15) is 0 Å². The van der Waals surface area contributed by atoms with Crippen LogP contribution in [0.2, 0.25) is 10.0 Å². The number of hydrogen-bond acceptors (Lipinski definition) is 6. The SMILES string of the molecule is COC(=O)c1cccc(N2C(=O)C(Cl)=C(Nc3ccc(CC(=O)Nc4cc(Cl)cc(Cl)c4)cc3)C2=O)c1. The Morgan fingerprint density at radius 2 is 1.54 bits per heavy atom. The number of esters is 1. The molecule has 0 bridgehead atoms. The Morgan fingerprint density at radius 3 is 2.19 bits per heavy atom. The zero-order valence-electron chi connectivity index (χ0n) is 19.2. The number of imide groups is 1. The van der Waals surface area contributed by atoms with Gasteiger partial charge in [0.25, 0.3) is 11.8 Å². The van der Waals surface area contributed by atoms with Crippen molar-refractivity contribution in [2.75, 3.05) is 22.6 Å². The third-order valence-electron chi connectivity index (χ3n) is 5.29. The number of ether oxygens (including phenoxy) is 1. The minimum Gasteiger partial charge on any atom is -0.465 e. The standard InChI is InChI=1S/C26H18Cl3N3O5/c1-37-26(36)15-3-2-4-20(10-15)32-24(34)22(29)23(25(32)35)31-18-7-5-14(6-8-18)9-21(33)30-19-12-16(27)11-17(28)13-19/h2-8,10-13,31H,9H2,1H3,(H,30,33). The molecule has 0 radical (unpaired) electrons. The predicted octanol–water partition coefficient (Wildman–Crippen LogP) is 5.40. The molecule has 0 aromatic heterocycles. The predicted molar refractivity (Wildman–Crippen MR) is 142 cm³/mol. The van der Waals surface area contributed by atoms with Gasteiger partial charge in [0.05, 0.1) is 24.8 Å². The lowest BCUT2D eigenvalue weighted by Gasteiger charge is -2.16. The summed E-state index contributed by atoms with van der Waals surface area (Å²) in [4.78, 5) is 50.9. The topological polar surface area (TPSA) is 105 Å². The van der Waals surface area contributed by atoms with Gasteiger partial charge in [0.15, 0.2) is 0 Å². The van der Waals surface area contributed by atoms with Crippen LogP contribution in [0.5, 0.6) is 0 Å². The van der Waals surface area contributed by atoms with Crippen LogP contribution < -0.4 is 15.5 Å². The van der Waals surface area contributed by atoms with Crippen LogP contribution in [0.15, 0.2) is 77.5 Å². The summed E-state index contributed by atoms with van der Waals surface area (Å²) in [6, 6.07) is 17.3. The molecular weight excluding hydrogens is 541 g/mol. The molecule has 3 aromatic carbocycles. The van der Waals surface area contributed by atoms with Crippen molar-refractivity contribution in [2.24, 2.45) is 0 Å². The van der Waals surface area contributed by atoms with Gasteiger partial charge in [-0.3, -0.25) is 14.4 Å². The molecule has 2 N–H and O–H groups in total. The summed E-state index contributed by atoms with van der Waals surface area (Å²) in [5, 5.41) is 6.11. The molecule has 1 aliphatic heterocycles. The van der Waals surface area contributed by atoms with E-state index in [4.69, 9.17) is 34.8 Å². The molecule has 3 amide bonds. The van der Waals surface area contributed by atoms with Gasteiger partial charge in [-0.1, -0.05) is 53.0 Å². The smallest absolute Gasteiger partial charge is 0.337 e. The Bertz CT molecular complexity index is 1430. The molecule has 1 heterocycles. The maximum absolute atomic E-state index is 13.0. The van der Waals surface area contributed by atoms with E-state index in [9.17, 15) is 19.2 Å². The summed E-state index contributed by atoms with van der Waals surface area (Å²) in [7, 11) is 1.23. The molecule has 0 spiro atoms. The number of nitrogens with one attached hydrogen (secondary N) is 2. The molecule has 0 fully saturated rings. The number of hydrogen-bond donors (Lipinski definition) is 2. The monoisotopic (exact) mass is 557 g/mol. The van der Waals surface area contributed by atoms with E-state index in [0.29, 0.717) is 27.0 Å². The Labute approximate surface area is 226 Å². The second-order valence-corrected chi connectivity index (χ2v) is 9.13. The third-order valence-corrected chi connectivity index (χ3v) is 6.07. The molecule has 188 valence electrons. The number of carbonyl (C=O) groups is 4. The van der Waals surface area contributed by atoms with Crippen molar-refractivity contribution < 1.29 is 23.9 Å². The summed E-state index contributed by atoms with van der Waals surface area (Å²) >= 11 is 18.1. The van der Waals surface area contributed by atoms with Crippen molar-refractivity contribution >= 4 is 75.6 Å². The number of anilines is 3. The van der Waals surface area contributed by atoms with Crippen LogP contribution in [-0.2, 0) is 25.5 Å². The first-order valence-corrected chi connectivity index (χ1v) is 11.9. The van der Waals surface area contributed by atoms with Gasteiger partial charge < -0.3 is 15.4 Å². The molecule has 0 atom stereocenters. The van der Waals surface area contributed by atoms with Crippen LogP contribution in [0.25, 0.3) is 0 Å². The van der Waals surface area contributed by atoms with Gasteiger partial charge in [-0.25, -0.2) is 9.69 Å². The van der Waals surface area contributed by atoms with Crippen molar-refractivity contribution in [3.05, 3.63) is 98.6 Å². The Morgan fingerprint density at radius 1 is 0.865 bits per heavy atom. The zero-order chi connectivity index (χ0) is 26.7. The van der Waals surface area contributed by atoms with E-state index < -0.39 is 17.8 Å². The second-order valence-electron chi connectivity index (χ2n) is 7.88. The van der Waals surface area contributed by atoms with E-state index in [0.717, 1.165) is 4.90 Å². The fourth-order valence-corrected chi connectivity index (χ4v) is 4.34. The summed E-state index contributed by atoms with van der Waals surface area (Å²) < 4.78 is 4.69. The van der Waals surface area contributed by atoms with Crippen molar-refractivity contribution in [3.63, 3.8) is 0 Å². The van der Waals surface area contributed by atoms with Crippen molar-refractivity contribution in [1.82, 2.24) is 0 Å². The first kappa shape index (κ1) is 26.2. The van der Waals surface area contributed by atoms with Gasteiger partial charge >= 0.3 is 5.97 Å². The summed E-state index contributed by atoms with van der Waals surface area (Å²) in [5.41, 5.74) is 1.90. The van der Waals surface area contributed by atoms with Crippen LogP contribution >= 0.6 is 34.8 Å². The number of methoxy groups -OCH3 is 1. The fourth-order valence-electron chi connectivity index (χ4n) is 3.60. The molecule has 0 unspecified atom stereocenters. The first-order valence-electron chi connectivity index (χ1n) is 10.7. The third kappa shape index (κ3) is 5.94. The van der Waals surface area contributed by atoms with Crippen LogP contribution in [0.3, 0.4) is 0 Å². The summed E-state index contributed by atoms with van der Waals surface area (Å²) in [5.74, 6) is -2.29. The molecule has 0 aliphatic carbocycles. The zero-order valence-corrected chi connectivity index (χ0v) is 21.4. The number of rotatable bonds is 7. The lowest BCUT2D eigenvalue weighted by atomic mass is 10.1. The maximum Gasteiger partial charge on any atom is 0.337 e. The van der Waals surface area contributed by atoms with Gasteiger partial charge in [0.1, 0.15) is 10.7 Å². The fraction of sp³-hybridized carbons (Fsp3) is 0.0769. The summed E-state index contributed by atoms with van der Waals surface area (Å²) in [6.45, 7) is 0. The van der Waals surface area contributed by atoms with Crippen LogP contribution in [0.4, 0.5) is 17.1 Å². The molecule has 37 heavy (non-hydrogen) atoms. The van der Waals surface area contributed by atoms with E-state index in [1.807, 2.05) is 0 Å². The largest absolute Gasteiger partial charge is 0.465 e. The number of halogens is 3. The number of nitrogens with zero attached hydrogens (tertiary/aromatic N) is 1. The van der Waals surface area contributed by atoms with Gasteiger partial charge in [0, 0.05) is 21.4 Å². The normalized spacial score (nSPS) is 13.1. The second kappa shape index (κ2) is 11.0. The van der Waals surface area contributed by atoms with Crippen LogP contribution in [0.1, 0.15) is 15.9 Å². The molecule has 4 rings (SSSR count). The minimum absolute atomic E-state index is 0.0790. The molecule has 1 aliphatic rings. The highest BCUT2D eigenvalue weighted by atomic mass is 35.5. The maximum atomic E-state index is 13.0. The van der Waals surface area contributed by atoms with Crippen LogP contribution in [0, 0.1) is 0 Å². The van der Waals surface area contributed by atoms with Gasteiger partial charge in [0.2, 0.25) is 5.91 Å². The highest BCUT2D eigenvalue weighted by Gasteiger charge is 2.39. The highest BCUT2D eigenvalue weighted by Crippen LogP contribution is 2.31. The molecular formula is C26H18Cl3N3O5. The molecule has 11 heteroatoms. The number of amides is 3. The first-order chi connectivity index (χ1) is 17.7. The van der Waals surface area contributed by atoms with E-state index >= 15 is 0 Å².